The maximum atomic E-state index is 6.37. The molecule has 0 bridgehead atoms. The lowest BCUT2D eigenvalue weighted by molar-refractivity contribution is 0.0900. The van der Waals surface area contributed by atoms with Crippen LogP contribution in [0.15, 0.2) is 42.7 Å². The Morgan fingerprint density at radius 1 is 1.06 bits per heavy atom. The van der Waals surface area contributed by atoms with E-state index in [0.717, 1.165) is 45.7 Å². The van der Waals surface area contributed by atoms with Crippen molar-refractivity contribution in [3.05, 3.63) is 52.6 Å². The van der Waals surface area contributed by atoms with Gasteiger partial charge in [-0.3, -0.25) is 15.0 Å². The number of benzene rings is 1. The van der Waals surface area contributed by atoms with E-state index in [1.807, 2.05) is 30.5 Å². The van der Waals surface area contributed by atoms with E-state index < -0.39 is 0 Å². The molecule has 35 heavy (non-hydrogen) atoms. The van der Waals surface area contributed by atoms with E-state index in [1.54, 1.807) is 17.5 Å². The fourth-order valence-electron chi connectivity index (χ4n) is 5.34. The minimum Gasteiger partial charge on any atom is -0.314 e. The zero-order chi connectivity index (χ0) is 23.6. The first-order chi connectivity index (χ1) is 17.2. The van der Waals surface area contributed by atoms with Gasteiger partial charge >= 0.3 is 0 Å². The maximum absolute atomic E-state index is 6.37. The second kappa shape index (κ2) is 10.2. The van der Waals surface area contributed by atoms with Gasteiger partial charge in [-0.25, -0.2) is 4.98 Å². The van der Waals surface area contributed by atoms with Crippen molar-refractivity contribution >= 4 is 44.8 Å². The van der Waals surface area contributed by atoms with Crippen LogP contribution in [0.1, 0.15) is 37.0 Å². The number of rotatable bonds is 6. The molecule has 6 rings (SSSR count). The summed E-state index contributed by atoms with van der Waals surface area (Å²) < 4.78 is 0. The molecule has 0 radical (unpaired) electrons. The molecule has 4 aromatic rings. The van der Waals surface area contributed by atoms with Crippen LogP contribution in [0, 0.1) is 0 Å². The number of anilines is 2. The van der Waals surface area contributed by atoms with E-state index >= 15 is 0 Å². The summed E-state index contributed by atoms with van der Waals surface area (Å²) in [7, 11) is 0. The first-order valence-electron chi connectivity index (χ1n) is 12.5. The molecule has 1 aromatic carbocycles. The Balaban J connectivity index is 1.10. The molecule has 0 spiro atoms. The van der Waals surface area contributed by atoms with Gasteiger partial charge < -0.3 is 10.2 Å². The fourth-order valence-corrected chi connectivity index (χ4v) is 6.43. The Labute approximate surface area is 214 Å². The summed E-state index contributed by atoms with van der Waals surface area (Å²) >= 11 is 8.07. The van der Waals surface area contributed by atoms with Crippen LogP contribution < -0.4 is 5.32 Å². The number of nitrogens with zero attached hydrogens (tertiary/aromatic N) is 5. The van der Waals surface area contributed by atoms with Crippen LogP contribution in [0.5, 0.6) is 0 Å². The van der Waals surface area contributed by atoms with Crippen LogP contribution in [-0.4, -0.2) is 62.2 Å². The molecule has 0 saturated carbocycles. The Morgan fingerprint density at radius 2 is 1.91 bits per heavy atom. The molecular weight excluding hydrogens is 478 g/mol. The zero-order valence-electron chi connectivity index (χ0n) is 19.7. The lowest BCUT2D eigenvalue weighted by Gasteiger charge is -2.40. The number of pyridine rings is 1. The van der Waals surface area contributed by atoms with Crippen molar-refractivity contribution in [1.82, 2.24) is 30.0 Å². The molecular formula is C26H30ClN7S. The second-order valence-corrected chi connectivity index (χ2v) is 11.0. The third-order valence-corrected chi connectivity index (χ3v) is 8.42. The minimum absolute atomic E-state index is 0.634. The second-order valence-electron chi connectivity index (χ2n) is 9.53. The molecule has 0 atom stereocenters. The quantitative estimate of drug-likeness (QED) is 0.337. The third kappa shape index (κ3) is 5.07. The van der Waals surface area contributed by atoms with E-state index in [1.165, 1.54) is 63.2 Å². The number of hydrogen-bond donors (Lipinski definition) is 2. The van der Waals surface area contributed by atoms with Crippen LogP contribution >= 0.6 is 22.9 Å². The Bertz CT molecular complexity index is 1290. The molecule has 0 amide bonds. The number of aromatic nitrogens is 4. The average Bonchev–Trinajstić information content (AvgIpc) is 3.52. The van der Waals surface area contributed by atoms with Crippen molar-refractivity contribution in [3.63, 3.8) is 0 Å². The van der Waals surface area contributed by atoms with E-state index in [0.29, 0.717) is 5.02 Å². The van der Waals surface area contributed by atoms with Crippen molar-refractivity contribution in [2.75, 3.05) is 31.5 Å². The lowest BCUT2D eigenvalue weighted by Crippen LogP contribution is -2.46. The summed E-state index contributed by atoms with van der Waals surface area (Å²) in [6, 6.07) is 10.6. The molecule has 0 unspecified atom stereocenters. The highest BCUT2D eigenvalue weighted by molar-refractivity contribution is 7.15. The molecule has 0 aliphatic carbocycles. The van der Waals surface area contributed by atoms with E-state index in [9.17, 15) is 0 Å². The van der Waals surface area contributed by atoms with Crippen molar-refractivity contribution in [3.8, 4) is 11.3 Å². The fraction of sp³-hybridized carbons (Fsp3) is 0.423. The van der Waals surface area contributed by atoms with Gasteiger partial charge in [0, 0.05) is 53.9 Å². The Kier molecular flexibility index (Phi) is 6.69. The zero-order valence-corrected chi connectivity index (χ0v) is 21.3. The summed E-state index contributed by atoms with van der Waals surface area (Å²) in [5, 5.41) is 13.5. The molecule has 182 valence electrons. The number of aromatic amines is 1. The number of thiazole rings is 1. The van der Waals surface area contributed by atoms with Gasteiger partial charge in [-0.15, -0.1) is 11.3 Å². The van der Waals surface area contributed by atoms with Gasteiger partial charge in [0.25, 0.3) is 0 Å². The van der Waals surface area contributed by atoms with E-state index in [2.05, 4.69) is 41.3 Å². The molecule has 2 fully saturated rings. The van der Waals surface area contributed by atoms with Crippen molar-refractivity contribution < 1.29 is 0 Å². The van der Waals surface area contributed by atoms with Gasteiger partial charge in [-0.1, -0.05) is 24.1 Å². The van der Waals surface area contributed by atoms with Crippen molar-refractivity contribution in [2.45, 2.75) is 44.7 Å². The summed E-state index contributed by atoms with van der Waals surface area (Å²) in [4.78, 5) is 15.7. The predicted octanol–water partition coefficient (Wildman–Crippen LogP) is 5.93. The van der Waals surface area contributed by atoms with Crippen LogP contribution in [-0.2, 0) is 6.54 Å². The highest BCUT2D eigenvalue weighted by Gasteiger charge is 2.25. The van der Waals surface area contributed by atoms with E-state index in [4.69, 9.17) is 11.6 Å². The molecule has 7 nitrogen and oxygen atoms in total. The number of halogens is 1. The van der Waals surface area contributed by atoms with Crippen molar-refractivity contribution in [2.24, 2.45) is 0 Å². The Hall–Kier alpha value is -2.52. The standard InChI is InChI=1S/C26H30ClN7S/c27-22-5-4-10-28-24(22)18-6-7-23-21(15-18)25(32-31-23)30-26-29-16-20(35-26)17-33-13-8-19(9-14-33)34-11-2-1-3-12-34/h4-7,10,15-16,19H,1-3,8-9,11-14,17H2,(H2,29,30,31,32). The molecule has 2 saturated heterocycles. The van der Waals surface area contributed by atoms with Gasteiger partial charge in [0.05, 0.1) is 16.2 Å². The SMILES string of the molecule is Clc1cccnc1-c1ccc2[nH]nc(Nc3ncc(CN4CCC(N5CCCCC5)CC4)s3)c2c1. The van der Waals surface area contributed by atoms with E-state index in [-0.39, 0.29) is 0 Å². The monoisotopic (exact) mass is 507 g/mol. The van der Waals surface area contributed by atoms with Crippen LogP contribution in [0.25, 0.3) is 22.2 Å². The molecule has 5 heterocycles. The number of nitrogens with one attached hydrogen (secondary N) is 2. The first-order valence-corrected chi connectivity index (χ1v) is 13.7. The number of hydrogen-bond acceptors (Lipinski definition) is 7. The lowest BCUT2D eigenvalue weighted by atomic mass is 10.00. The topological polar surface area (TPSA) is 73.0 Å². The highest BCUT2D eigenvalue weighted by atomic mass is 35.5. The maximum Gasteiger partial charge on any atom is 0.188 e. The third-order valence-electron chi connectivity index (χ3n) is 7.22. The predicted molar refractivity (Wildman–Crippen MR) is 143 cm³/mol. The van der Waals surface area contributed by atoms with Gasteiger partial charge in [0.2, 0.25) is 0 Å². The minimum atomic E-state index is 0.634. The van der Waals surface area contributed by atoms with Crippen LogP contribution in [0.4, 0.5) is 10.9 Å². The highest BCUT2D eigenvalue weighted by Crippen LogP contribution is 2.32. The number of piperidine rings is 2. The summed E-state index contributed by atoms with van der Waals surface area (Å²) in [6.07, 6.45) is 10.5. The summed E-state index contributed by atoms with van der Waals surface area (Å²) in [5.74, 6) is 0.761. The van der Waals surface area contributed by atoms with Gasteiger partial charge in [-0.05, 0) is 63.0 Å². The largest absolute Gasteiger partial charge is 0.314 e. The Morgan fingerprint density at radius 3 is 2.74 bits per heavy atom. The first kappa shape index (κ1) is 22.9. The molecule has 9 heteroatoms. The van der Waals surface area contributed by atoms with Crippen LogP contribution in [0.3, 0.4) is 0 Å². The number of H-pyrrole nitrogens is 1. The normalized spacial score (nSPS) is 18.3. The van der Waals surface area contributed by atoms with Crippen LogP contribution in [0.2, 0.25) is 5.02 Å². The van der Waals surface area contributed by atoms with Gasteiger partial charge in [0.15, 0.2) is 10.9 Å². The molecule has 2 aliphatic rings. The smallest absolute Gasteiger partial charge is 0.188 e. The summed E-state index contributed by atoms with van der Waals surface area (Å²) in [6.45, 7) is 5.91. The molecule has 3 aromatic heterocycles. The van der Waals surface area contributed by atoms with Gasteiger partial charge in [-0.2, -0.15) is 5.10 Å². The average molecular weight is 508 g/mol. The summed E-state index contributed by atoms with van der Waals surface area (Å²) in [5.41, 5.74) is 2.68. The van der Waals surface area contributed by atoms with Gasteiger partial charge in [0.1, 0.15) is 0 Å². The number of fused-ring (bicyclic) bond motifs is 1. The number of likely N-dealkylation sites (tertiary alicyclic amines) is 2. The molecule has 2 N–H and O–H groups in total. The molecule has 2 aliphatic heterocycles. The van der Waals surface area contributed by atoms with Crippen molar-refractivity contribution in [1.29, 1.82) is 0 Å².